The van der Waals surface area contributed by atoms with E-state index in [1.54, 1.807) is 0 Å². The van der Waals surface area contributed by atoms with Crippen LogP contribution in [0.5, 0.6) is 0 Å². The number of carbonyl (C=O) groups excluding carboxylic acids is 6. The molecule has 50 heavy (non-hydrogen) atoms. The summed E-state index contributed by atoms with van der Waals surface area (Å²) in [5, 5.41) is 8.71. The minimum atomic E-state index is -1.10. The van der Waals surface area contributed by atoms with Crippen molar-refractivity contribution in [3.63, 3.8) is 0 Å². The van der Waals surface area contributed by atoms with Crippen molar-refractivity contribution in [3.05, 3.63) is 35.9 Å². The van der Waals surface area contributed by atoms with E-state index in [2.05, 4.69) is 29.8 Å². The fourth-order valence-electron chi connectivity index (χ4n) is 7.87. The number of nitrogens with one attached hydrogen (secondary N) is 3. The van der Waals surface area contributed by atoms with Crippen LogP contribution in [0.1, 0.15) is 91.5 Å². The zero-order valence-electron chi connectivity index (χ0n) is 29.9. The highest BCUT2D eigenvalue weighted by Gasteiger charge is 2.70. The van der Waals surface area contributed by atoms with Crippen LogP contribution < -0.4 is 21.7 Å². The van der Waals surface area contributed by atoms with Gasteiger partial charge >= 0.3 is 12.2 Å². The summed E-state index contributed by atoms with van der Waals surface area (Å²) in [6.07, 6.45) is 5.12. The van der Waals surface area contributed by atoms with E-state index in [-0.39, 0.29) is 36.4 Å². The Hall–Kier alpha value is -4.16. The summed E-state index contributed by atoms with van der Waals surface area (Å²) < 4.78 is 10.8. The lowest BCUT2D eigenvalue weighted by atomic mass is 9.82. The maximum atomic E-state index is 14.4. The smallest absolute Gasteiger partial charge is 0.432 e. The molecular formula is C37H53N5O8. The van der Waals surface area contributed by atoms with Gasteiger partial charge in [-0.1, -0.05) is 97.1 Å². The van der Waals surface area contributed by atoms with E-state index in [0.717, 1.165) is 37.7 Å². The van der Waals surface area contributed by atoms with E-state index in [9.17, 15) is 28.8 Å². The highest BCUT2D eigenvalue weighted by atomic mass is 16.7. The number of benzene rings is 1. The van der Waals surface area contributed by atoms with Gasteiger partial charge in [-0.2, -0.15) is 0 Å². The molecule has 4 aliphatic rings. The Labute approximate surface area is 294 Å². The van der Waals surface area contributed by atoms with Gasteiger partial charge in [0.25, 0.3) is 5.91 Å². The van der Waals surface area contributed by atoms with Gasteiger partial charge in [0.05, 0.1) is 11.6 Å². The second kappa shape index (κ2) is 14.6. The molecule has 5 amide bonds. The topological polar surface area (TPSA) is 186 Å². The van der Waals surface area contributed by atoms with Gasteiger partial charge in [-0.25, -0.2) is 9.59 Å². The number of hydrogen-bond donors (Lipinski definition) is 4. The summed E-state index contributed by atoms with van der Waals surface area (Å²) >= 11 is 0. The van der Waals surface area contributed by atoms with Crippen LogP contribution in [0.15, 0.2) is 30.3 Å². The molecule has 13 heteroatoms. The van der Waals surface area contributed by atoms with Crippen molar-refractivity contribution in [2.75, 3.05) is 13.2 Å². The molecule has 5 rings (SSSR count). The largest absolute Gasteiger partial charge is 0.508 e. The van der Waals surface area contributed by atoms with Crippen LogP contribution >= 0.6 is 0 Å². The van der Waals surface area contributed by atoms with Crippen molar-refractivity contribution < 1.29 is 38.2 Å². The molecule has 1 unspecified atom stereocenters. The zero-order chi connectivity index (χ0) is 36.4. The number of nitrogens with two attached hydrogens (primary N) is 1. The van der Waals surface area contributed by atoms with E-state index in [4.69, 9.17) is 15.2 Å². The highest BCUT2D eigenvalue weighted by molar-refractivity contribution is 6.37. The monoisotopic (exact) mass is 695 g/mol. The first-order valence-corrected chi connectivity index (χ1v) is 17.9. The van der Waals surface area contributed by atoms with Gasteiger partial charge in [-0.15, -0.1) is 0 Å². The number of nitrogens with zero attached hydrogens (tertiary/aromatic N) is 1. The fourth-order valence-corrected chi connectivity index (χ4v) is 7.87. The first-order chi connectivity index (χ1) is 23.5. The third kappa shape index (κ3) is 8.58. The van der Waals surface area contributed by atoms with E-state index >= 15 is 0 Å². The summed E-state index contributed by atoms with van der Waals surface area (Å²) in [7, 11) is 0. The zero-order valence-corrected chi connectivity index (χ0v) is 29.9. The Morgan fingerprint density at radius 2 is 1.62 bits per heavy atom. The number of likely N-dealkylation sites (tertiary alicyclic amines) is 1. The Morgan fingerprint density at radius 3 is 2.22 bits per heavy atom. The van der Waals surface area contributed by atoms with Gasteiger partial charge in [0, 0.05) is 6.54 Å². The van der Waals surface area contributed by atoms with E-state index < -0.39 is 64.8 Å². The fraction of sp³-hybridized carbons (Fsp3) is 0.676. The number of carbonyl (C=O) groups is 6. The van der Waals surface area contributed by atoms with Crippen molar-refractivity contribution in [2.24, 2.45) is 34.3 Å². The van der Waals surface area contributed by atoms with Crippen LogP contribution in [-0.4, -0.2) is 77.4 Å². The molecule has 274 valence electrons. The summed E-state index contributed by atoms with van der Waals surface area (Å²) in [6, 6.07) is 5.74. The quantitative estimate of drug-likeness (QED) is 0.178. The molecule has 3 aliphatic carbocycles. The second-order valence-electron chi connectivity index (χ2n) is 16.4. The van der Waals surface area contributed by atoms with Crippen molar-refractivity contribution in [2.45, 2.75) is 116 Å². The number of primary amides is 1. The molecule has 3 saturated carbocycles. The molecule has 1 heterocycles. The number of rotatable bonds is 13. The number of ketones is 1. The third-order valence-corrected chi connectivity index (χ3v) is 11.1. The standard InChI is InChI=1S/C37H53N5O8/c1-35(2,3)29(40-33(47)41-37(16-10-7-11-17-37)21-50-34(48)49-20-23-12-8-6-9-13-23)32(46)42-19-24-26(36(24,4)5)27(42)31(45)39-25(18-22-14-15-22)28(43)30(38)44/h6,8-9,12-13,22,24-27,29H,7,10-11,14-21H2,1-5H3,(H2,38,44)(H,39,45)(H2,40,41,47)/t24-,25?,26-,27-,29+/m0/s1. The number of piperidine rings is 1. The molecule has 0 spiro atoms. The van der Waals surface area contributed by atoms with Gasteiger partial charge in [0.15, 0.2) is 0 Å². The first-order valence-electron chi connectivity index (χ1n) is 17.9. The van der Waals surface area contributed by atoms with Crippen LogP contribution in [0, 0.1) is 28.6 Å². The van der Waals surface area contributed by atoms with Crippen molar-refractivity contribution in [1.29, 1.82) is 0 Å². The molecule has 5 atom stereocenters. The lowest BCUT2D eigenvalue weighted by molar-refractivity contribution is -0.145. The molecule has 0 radical (unpaired) electrons. The van der Waals surface area contributed by atoms with Crippen LogP contribution in [-0.2, 0) is 35.3 Å². The lowest BCUT2D eigenvalue weighted by Gasteiger charge is -2.40. The Bertz CT molecular complexity index is 1460. The van der Waals surface area contributed by atoms with Crippen molar-refractivity contribution >= 4 is 35.7 Å². The number of urea groups is 1. The van der Waals surface area contributed by atoms with Crippen LogP contribution in [0.25, 0.3) is 0 Å². The summed E-state index contributed by atoms with van der Waals surface area (Å²) in [5.74, 6) is -2.69. The molecule has 5 N–H and O–H groups in total. The van der Waals surface area contributed by atoms with E-state index in [1.807, 2.05) is 51.1 Å². The minimum absolute atomic E-state index is 0.0625. The number of Topliss-reactive ketones (excluding diaryl/α,β-unsaturated/α-hetero) is 1. The Balaban J connectivity index is 1.26. The van der Waals surface area contributed by atoms with Gasteiger partial charge < -0.3 is 36.1 Å². The minimum Gasteiger partial charge on any atom is -0.432 e. The average molecular weight is 696 g/mol. The lowest BCUT2D eigenvalue weighted by Crippen LogP contribution is -2.63. The molecule has 0 bridgehead atoms. The highest BCUT2D eigenvalue weighted by Crippen LogP contribution is 2.65. The number of amides is 5. The number of fused-ring (bicyclic) bond motifs is 1. The maximum Gasteiger partial charge on any atom is 0.508 e. The van der Waals surface area contributed by atoms with Crippen LogP contribution in [0.3, 0.4) is 0 Å². The van der Waals surface area contributed by atoms with Crippen molar-refractivity contribution in [1.82, 2.24) is 20.9 Å². The molecule has 4 fully saturated rings. The Morgan fingerprint density at radius 1 is 0.960 bits per heavy atom. The van der Waals surface area contributed by atoms with Gasteiger partial charge in [0.1, 0.15) is 25.3 Å². The van der Waals surface area contributed by atoms with Crippen LogP contribution in [0.4, 0.5) is 9.59 Å². The van der Waals surface area contributed by atoms with Crippen molar-refractivity contribution in [3.8, 4) is 0 Å². The molecule has 1 aromatic rings. The molecule has 1 aliphatic heterocycles. The predicted molar refractivity (Wildman–Crippen MR) is 183 cm³/mol. The summed E-state index contributed by atoms with van der Waals surface area (Å²) in [6.45, 7) is 9.92. The number of hydrogen-bond acceptors (Lipinski definition) is 8. The van der Waals surface area contributed by atoms with E-state index in [0.29, 0.717) is 25.8 Å². The number of ether oxygens (including phenoxy) is 2. The molecular weight excluding hydrogens is 642 g/mol. The predicted octanol–water partition coefficient (Wildman–Crippen LogP) is 3.58. The first kappa shape index (κ1) is 37.1. The molecule has 0 aromatic heterocycles. The molecule has 1 aromatic carbocycles. The average Bonchev–Trinajstić information content (AvgIpc) is 3.92. The second-order valence-corrected chi connectivity index (χ2v) is 16.4. The SMILES string of the molecule is CC(C)(C)[C@H](NC(=O)NC1(COC(=O)OCc2ccccc2)CCCCC1)C(=O)N1C[C@H]2[C@@H]([C@H]1C(=O)NC(CC1CC1)C(=O)C(N)=O)C2(C)C. The van der Waals surface area contributed by atoms with Gasteiger partial charge in [-0.3, -0.25) is 19.2 Å². The van der Waals surface area contributed by atoms with Crippen LogP contribution in [0.2, 0.25) is 0 Å². The summed E-state index contributed by atoms with van der Waals surface area (Å²) in [4.78, 5) is 80.5. The molecule has 13 nitrogen and oxygen atoms in total. The van der Waals surface area contributed by atoms with Gasteiger partial charge in [-0.05, 0) is 53.4 Å². The summed E-state index contributed by atoms with van der Waals surface area (Å²) in [5.41, 5.74) is 4.35. The third-order valence-electron chi connectivity index (χ3n) is 11.1. The maximum absolute atomic E-state index is 14.4. The van der Waals surface area contributed by atoms with Gasteiger partial charge in [0.2, 0.25) is 17.6 Å². The Kier molecular flexibility index (Phi) is 10.8. The normalized spacial score (nSPS) is 24.5. The van der Waals surface area contributed by atoms with E-state index in [1.165, 1.54) is 4.90 Å². The molecule has 1 saturated heterocycles.